The minimum Gasteiger partial charge on any atom is -0.494 e. The summed E-state index contributed by atoms with van der Waals surface area (Å²) in [5.74, 6) is -2.83. The molecule has 1 heterocycles. The van der Waals surface area contributed by atoms with Crippen molar-refractivity contribution in [3.63, 3.8) is 0 Å². The van der Waals surface area contributed by atoms with Crippen molar-refractivity contribution in [1.29, 1.82) is 0 Å². The summed E-state index contributed by atoms with van der Waals surface area (Å²) in [6.07, 6.45) is -4.13. The molecule has 142 valence electrons. The molecule has 4 radical (unpaired) electrons. The number of aliphatic hydroxyl groups is 1. The van der Waals surface area contributed by atoms with Gasteiger partial charge in [0.25, 0.3) is 0 Å². The number of ether oxygens (including phenoxy) is 1. The normalized spacial score (nSPS) is 19.8. The van der Waals surface area contributed by atoms with Crippen molar-refractivity contribution < 1.29 is 37.7 Å². The fourth-order valence-electron chi connectivity index (χ4n) is 2.02. The largest absolute Gasteiger partial charge is 0.494 e. The van der Waals surface area contributed by atoms with Crippen LogP contribution in [0.3, 0.4) is 0 Å². The van der Waals surface area contributed by atoms with E-state index in [1.54, 1.807) is 0 Å². The van der Waals surface area contributed by atoms with Gasteiger partial charge in [-0.25, -0.2) is 14.5 Å². The summed E-state index contributed by atoms with van der Waals surface area (Å²) in [5.41, 5.74) is 0.929. The Kier molecular flexibility index (Phi) is 9.92. The number of benzene rings is 1. The number of carbonyl (C=O) groups is 2. The van der Waals surface area contributed by atoms with Gasteiger partial charge in [0.05, 0.1) is 6.04 Å². The number of nitrogens with zero attached hydrogens (tertiary/aromatic N) is 1. The Bertz CT molecular complexity index is 642. The molecule has 2 N–H and O–H groups in total. The Balaban J connectivity index is 0.000000673. The molecule has 26 heavy (non-hydrogen) atoms. The van der Waals surface area contributed by atoms with Crippen LogP contribution in [-0.4, -0.2) is 69.6 Å². The molecule has 11 heteroatoms. The van der Waals surface area contributed by atoms with Crippen molar-refractivity contribution in [2.45, 2.75) is 25.2 Å². The number of alkyl halides is 3. The summed E-state index contributed by atoms with van der Waals surface area (Å²) in [6, 6.07) is 9.30. The van der Waals surface area contributed by atoms with Gasteiger partial charge in [0.2, 0.25) is 5.88 Å². The number of carbonyl (C=O) groups excluding carboxylic acids is 1. The number of aliphatic hydroxyl groups excluding tert-OH is 1. The molecule has 1 aliphatic rings. The molecule has 1 aliphatic heterocycles. The Labute approximate surface area is 169 Å². The van der Waals surface area contributed by atoms with E-state index >= 15 is 0 Å². The van der Waals surface area contributed by atoms with Crippen LogP contribution in [0.1, 0.15) is 18.6 Å². The number of amides is 1. The number of carboxylic acids is 1. The predicted molar refractivity (Wildman–Crippen MR) is 90.6 cm³/mol. The molecule has 6 nitrogen and oxygen atoms in total. The first-order valence-corrected chi connectivity index (χ1v) is 8.15. The van der Waals surface area contributed by atoms with Gasteiger partial charge in [-0.1, -0.05) is 30.3 Å². The first-order valence-electron chi connectivity index (χ1n) is 6.86. The van der Waals surface area contributed by atoms with Gasteiger partial charge in [0, 0.05) is 29.3 Å². The summed E-state index contributed by atoms with van der Waals surface area (Å²) in [7, 11) is 0. The van der Waals surface area contributed by atoms with Crippen LogP contribution in [0.2, 0.25) is 0 Å². The topological polar surface area (TPSA) is 87.1 Å². The van der Waals surface area contributed by atoms with Crippen LogP contribution in [0.4, 0.5) is 18.0 Å². The molecule has 1 amide bonds. The quantitative estimate of drug-likeness (QED) is 0.490. The van der Waals surface area contributed by atoms with Crippen LogP contribution >= 0.6 is 11.8 Å². The van der Waals surface area contributed by atoms with Gasteiger partial charge in [-0.15, -0.1) is 11.8 Å². The Hall–Kier alpha value is -1.56. The number of cyclic esters (lactones) is 1. The summed E-state index contributed by atoms with van der Waals surface area (Å²) >= 11 is 1.34. The van der Waals surface area contributed by atoms with Crippen molar-refractivity contribution in [3.05, 3.63) is 47.2 Å². The maximum Gasteiger partial charge on any atom is 0.490 e. The van der Waals surface area contributed by atoms with Crippen LogP contribution in [0.15, 0.2) is 41.6 Å². The average molecular weight is 498 g/mol. The maximum atomic E-state index is 11.8. The number of aliphatic carboxylic acids is 1. The van der Waals surface area contributed by atoms with Crippen LogP contribution in [0.25, 0.3) is 0 Å². The molecule has 0 saturated carbocycles. The van der Waals surface area contributed by atoms with E-state index in [0.29, 0.717) is 0 Å². The fraction of sp³-hybridized carbons (Fsp3) is 0.333. The number of halogens is 3. The first kappa shape index (κ1) is 24.4. The average Bonchev–Trinajstić information content (AvgIpc) is 2.83. The Morgan fingerprint density at radius 2 is 1.77 bits per heavy atom. The number of rotatable bonds is 3. The molecule has 1 fully saturated rings. The molecule has 0 unspecified atom stereocenters. The van der Waals surface area contributed by atoms with Crippen LogP contribution in [-0.2, 0) is 9.53 Å². The van der Waals surface area contributed by atoms with Crippen molar-refractivity contribution in [2.24, 2.45) is 0 Å². The number of hydrogen-bond acceptors (Lipinski definition) is 5. The van der Waals surface area contributed by atoms with Crippen molar-refractivity contribution >= 4 is 47.7 Å². The van der Waals surface area contributed by atoms with Gasteiger partial charge in [0.15, 0.2) is 0 Å². The summed E-state index contributed by atoms with van der Waals surface area (Å²) in [4.78, 5) is 21.9. The monoisotopic (exact) mass is 499 g/mol. The molecule has 1 saturated heterocycles. The molecule has 0 aliphatic carbocycles. The van der Waals surface area contributed by atoms with E-state index in [4.69, 9.17) is 14.6 Å². The predicted octanol–water partition coefficient (Wildman–Crippen LogP) is 3.54. The second kappa shape index (κ2) is 10.6. The number of thioether (sulfide) groups is 1. The van der Waals surface area contributed by atoms with Gasteiger partial charge in [0.1, 0.15) is 6.10 Å². The number of hydrogen-bond donors (Lipinski definition) is 2. The van der Waals surface area contributed by atoms with E-state index in [9.17, 15) is 23.1 Å². The molecular formula is C15H16F3NO5SSn. The third-order valence-electron chi connectivity index (χ3n) is 3.11. The molecule has 2 rings (SSSR count). The van der Waals surface area contributed by atoms with E-state index in [0.717, 1.165) is 5.56 Å². The summed E-state index contributed by atoms with van der Waals surface area (Å²) < 4.78 is 37.1. The Morgan fingerprint density at radius 1 is 1.27 bits per heavy atom. The maximum absolute atomic E-state index is 11.8. The summed E-state index contributed by atoms with van der Waals surface area (Å²) in [6.45, 7) is 1.85. The van der Waals surface area contributed by atoms with Gasteiger partial charge in [-0.3, -0.25) is 0 Å². The van der Waals surface area contributed by atoms with Gasteiger partial charge in [-0.05, 0) is 18.7 Å². The second-order valence-corrected chi connectivity index (χ2v) is 5.55. The van der Waals surface area contributed by atoms with Crippen molar-refractivity contribution in [1.82, 2.24) is 4.90 Å². The van der Waals surface area contributed by atoms with Gasteiger partial charge >= 0.3 is 18.2 Å². The molecule has 1 aromatic rings. The SMILES string of the molecule is CS/C=C(\O)N1C(=O)O[C@@H](c2ccccc2)[C@H]1C.O=C(O)C(F)(F)F.[Sn]. The van der Waals surface area contributed by atoms with E-state index in [2.05, 4.69) is 0 Å². The molecule has 1 aromatic carbocycles. The van der Waals surface area contributed by atoms with E-state index < -0.39 is 18.2 Å². The van der Waals surface area contributed by atoms with E-state index in [1.807, 2.05) is 43.5 Å². The summed E-state index contributed by atoms with van der Waals surface area (Å²) in [5, 5.41) is 18.5. The molecule has 0 aromatic heterocycles. The van der Waals surface area contributed by atoms with Crippen LogP contribution < -0.4 is 0 Å². The minimum atomic E-state index is -5.08. The third-order valence-corrected chi connectivity index (χ3v) is 3.56. The van der Waals surface area contributed by atoms with Gasteiger partial charge < -0.3 is 14.9 Å². The zero-order valence-electron chi connectivity index (χ0n) is 13.7. The van der Waals surface area contributed by atoms with Crippen LogP contribution in [0, 0.1) is 0 Å². The zero-order valence-corrected chi connectivity index (χ0v) is 17.4. The van der Waals surface area contributed by atoms with E-state index in [-0.39, 0.29) is 41.9 Å². The molecular weight excluding hydrogens is 482 g/mol. The van der Waals surface area contributed by atoms with Crippen molar-refractivity contribution in [2.75, 3.05) is 6.26 Å². The van der Waals surface area contributed by atoms with Gasteiger partial charge in [-0.2, -0.15) is 13.2 Å². The minimum absolute atomic E-state index is 0. The second-order valence-electron chi connectivity index (χ2n) is 4.84. The molecule has 0 spiro atoms. The molecule has 0 bridgehead atoms. The zero-order chi connectivity index (χ0) is 19.2. The van der Waals surface area contributed by atoms with E-state index in [1.165, 1.54) is 22.1 Å². The molecule has 2 atom stereocenters. The van der Waals surface area contributed by atoms with Crippen molar-refractivity contribution in [3.8, 4) is 0 Å². The smallest absolute Gasteiger partial charge is 0.490 e. The fourth-order valence-corrected chi connectivity index (χ4v) is 2.34. The number of carboxylic acid groups (broad SMARTS) is 1. The van der Waals surface area contributed by atoms with Crippen LogP contribution in [0.5, 0.6) is 0 Å². The third kappa shape index (κ3) is 6.63. The first-order chi connectivity index (χ1) is 11.6. The Morgan fingerprint density at radius 3 is 2.19 bits per heavy atom. The standard InChI is InChI=1S/C13H15NO3S.C2HF3O2.Sn/c1-9-12(10-6-4-3-5-7-10)17-13(16)14(9)11(15)8-18-2;3-2(4,5)1(6)7;/h3-9,12,15H,1-2H3;(H,6,7);/b11-8-;;/t9-,12-;;/m1../s1.